The normalized spacial score (nSPS) is 15.2. The van der Waals surface area contributed by atoms with Crippen molar-refractivity contribution >= 4 is 39.1 Å². The number of benzene rings is 2. The maximum Gasteiger partial charge on any atom is 0.244 e. The van der Waals surface area contributed by atoms with Crippen LogP contribution in [0.2, 0.25) is 5.02 Å². The van der Waals surface area contributed by atoms with E-state index in [4.69, 9.17) is 11.6 Å². The van der Waals surface area contributed by atoms with Gasteiger partial charge in [0.05, 0.1) is 11.9 Å². The van der Waals surface area contributed by atoms with Crippen molar-refractivity contribution in [1.29, 1.82) is 0 Å². The number of sulfonamides is 1. The maximum atomic E-state index is 13.9. The molecule has 37 heavy (non-hydrogen) atoms. The summed E-state index contributed by atoms with van der Waals surface area (Å²) >= 11 is 6.43. The molecule has 0 saturated heterocycles. The molecule has 2 aromatic rings. The highest BCUT2D eigenvalue weighted by Gasteiger charge is 2.33. The number of para-hydroxylation sites is 1. The highest BCUT2D eigenvalue weighted by molar-refractivity contribution is 7.92. The van der Waals surface area contributed by atoms with Gasteiger partial charge in [-0.25, -0.2) is 8.42 Å². The van der Waals surface area contributed by atoms with Crippen LogP contribution in [0.4, 0.5) is 5.69 Å². The molecule has 1 atom stereocenters. The van der Waals surface area contributed by atoms with Gasteiger partial charge in [-0.3, -0.25) is 13.9 Å². The lowest BCUT2D eigenvalue weighted by Gasteiger charge is -2.35. The predicted molar refractivity (Wildman–Crippen MR) is 149 cm³/mol. The van der Waals surface area contributed by atoms with E-state index in [1.807, 2.05) is 51.1 Å². The summed E-state index contributed by atoms with van der Waals surface area (Å²) in [6.45, 7) is 5.18. The lowest BCUT2D eigenvalue weighted by atomic mass is 9.95. The summed E-state index contributed by atoms with van der Waals surface area (Å²) in [4.78, 5) is 28.8. The number of carbonyl (C=O) groups excluding carboxylic acids is 2. The van der Waals surface area contributed by atoms with Gasteiger partial charge in [0.2, 0.25) is 21.8 Å². The molecule has 1 unspecified atom stereocenters. The van der Waals surface area contributed by atoms with Crippen molar-refractivity contribution in [2.45, 2.75) is 77.9 Å². The van der Waals surface area contributed by atoms with Crippen molar-refractivity contribution < 1.29 is 18.0 Å². The molecule has 2 amide bonds. The van der Waals surface area contributed by atoms with Gasteiger partial charge in [0.1, 0.15) is 12.6 Å². The largest absolute Gasteiger partial charge is 0.352 e. The van der Waals surface area contributed by atoms with Crippen LogP contribution < -0.4 is 9.62 Å². The third-order valence-corrected chi connectivity index (χ3v) is 8.49. The second-order valence-electron chi connectivity index (χ2n) is 9.89. The van der Waals surface area contributed by atoms with E-state index in [1.54, 1.807) is 12.1 Å². The fraction of sp³-hybridized carbons (Fsp3) is 0.500. The van der Waals surface area contributed by atoms with Crippen molar-refractivity contribution in [3.05, 3.63) is 64.2 Å². The Hall–Kier alpha value is -2.58. The van der Waals surface area contributed by atoms with Gasteiger partial charge in [-0.2, -0.15) is 0 Å². The first-order valence-corrected chi connectivity index (χ1v) is 15.1. The number of anilines is 1. The van der Waals surface area contributed by atoms with Gasteiger partial charge in [-0.05, 0) is 55.9 Å². The first-order chi connectivity index (χ1) is 17.5. The number of hydrogen-bond donors (Lipinski definition) is 1. The van der Waals surface area contributed by atoms with E-state index in [-0.39, 0.29) is 18.5 Å². The highest BCUT2D eigenvalue weighted by atomic mass is 35.5. The van der Waals surface area contributed by atoms with E-state index in [0.29, 0.717) is 22.7 Å². The van der Waals surface area contributed by atoms with Gasteiger partial charge in [0.15, 0.2) is 0 Å². The van der Waals surface area contributed by atoms with Crippen molar-refractivity contribution in [2.75, 3.05) is 17.1 Å². The molecule has 9 heteroatoms. The third-order valence-electron chi connectivity index (χ3n) is 7.00. The number of rotatable bonds is 10. The number of nitrogens with one attached hydrogen (secondary N) is 1. The van der Waals surface area contributed by atoms with Crippen molar-refractivity contribution in [1.82, 2.24) is 10.2 Å². The van der Waals surface area contributed by atoms with Gasteiger partial charge in [0, 0.05) is 17.6 Å². The molecule has 1 aliphatic carbocycles. The molecule has 1 aliphatic rings. The highest BCUT2D eigenvalue weighted by Crippen LogP contribution is 2.28. The van der Waals surface area contributed by atoms with E-state index in [2.05, 4.69) is 5.32 Å². The Labute approximate surface area is 226 Å². The Bertz CT molecular complexity index is 1190. The third kappa shape index (κ3) is 7.48. The summed E-state index contributed by atoms with van der Waals surface area (Å²) in [5.41, 5.74) is 2.67. The van der Waals surface area contributed by atoms with E-state index in [1.165, 1.54) is 11.3 Å². The lowest BCUT2D eigenvalue weighted by Crippen LogP contribution is -2.54. The van der Waals surface area contributed by atoms with Gasteiger partial charge in [-0.1, -0.05) is 74.2 Å². The summed E-state index contributed by atoms with van der Waals surface area (Å²) in [5, 5.41) is 3.63. The number of halogens is 1. The quantitative estimate of drug-likeness (QED) is 0.454. The minimum Gasteiger partial charge on any atom is -0.352 e. The molecule has 0 spiro atoms. The summed E-state index contributed by atoms with van der Waals surface area (Å²) in [6.07, 6.45) is 6.64. The second-order valence-corrected chi connectivity index (χ2v) is 12.2. The van der Waals surface area contributed by atoms with Crippen LogP contribution in [-0.4, -0.2) is 50.0 Å². The number of amides is 2. The zero-order valence-corrected chi connectivity index (χ0v) is 23.7. The average Bonchev–Trinajstić information content (AvgIpc) is 2.84. The minimum absolute atomic E-state index is 0.0923. The zero-order valence-electron chi connectivity index (χ0n) is 22.2. The van der Waals surface area contributed by atoms with Crippen molar-refractivity contribution in [2.24, 2.45) is 0 Å². The van der Waals surface area contributed by atoms with Gasteiger partial charge in [0.25, 0.3) is 0 Å². The fourth-order valence-electron chi connectivity index (χ4n) is 5.05. The molecule has 202 valence electrons. The Morgan fingerprint density at radius 1 is 1.03 bits per heavy atom. The van der Waals surface area contributed by atoms with Gasteiger partial charge < -0.3 is 10.2 Å². The summed E-state index contributed by atoms with van der Waals surface area (Å²) in [7, 11) is -3.79. The van der Waals surface area contributed by atoms with Crippen LogP contribution in [0.1, 0.15) is 62.1 Å². The van der Waals surface area contributed by atoms with Crippen molar-refractivity contribution in [3.8, 4) is 0 Å². The van der Waals surface area contributed by atoms with Gasteiger partial charge >= 0.3 is 0 Å². The molecule has 0 bridgehead atoms. The first kappa shape index (κ1) is 29.0. The lowest BCUT2D eigenvalue weighted by molar-refractivity contribution is -0.140. The van der Waals surface area contributed by atoms with Crippen LogP contribution in [0.15, 0.2) is 42.5 Å². The van der Waals surface area contributed by atoms with E-state index >= 15 is 0 Å². The molecular formula is C28H38ClN3O4S. The monoisotopic (exact) mass is 547 g/mol. The Kier molecular flexibility index (Phi) is 10.0. The van der Waals surface area contributed by atoms with Crippen LogP contribution in [0, 0.1) is 13.8 Å². The summed E-state index contributed by atoms with van der Waals surface area (Å²) < 4.78 is 26.9. The summed E-state index contributed by atoms with van der Waals surface area (Å²) in [6, 6.07) is 12.0. The standard InChI is InChI=1S/C28H38ClN3O4S/c1-5-25(28(34)30-23-15-7-6-8-16-23)31(18-22-14-9-10-17-24(22)29)26(33)19-32(37(4,35)36)27-20(2)12-11-13-21(27)3/h9-14,17,23,25H,5-8,15-16,18-19H2,1-4H3,(H,30,34). The molecule has 0 radical (unpaired) electrons. The van der Waals surface area contributed by atoms with E-state index < -0.39 is 28.5 Å². The fourth-order valence-corrected chi connectivity index (χ4v) is 6.21. The van der Waals surface area contributed by atoms with E-state index in [0.717, 1.165) is 47.4 Å². The van der Waals surface area contributed by atoms with E-state index in [9.17, 15) is 18.0 Å². The predicted octanol–water partition coefficient (Wildman–Crippen LogP) is 4.98. The van der Waals surface area contributed by atoms with Crippen LogP contribution in [0.3, 0.4) is 0 Å². The number of nitrogens with zero attached hydrogens (tertiary/aromatic N) is 2. The molecule has 0 aromatic heterocycles. The molecule has 7 nitrogen and oxygen atoms in total. The average molecular weight is 548 g/mol. The SMILES string of the molecule is CCC(C(=O)NC1CCCCC1)N(Cc1ccccc1Cl)C(=O)CN(c1c(C)cccc1C)S(C)(=O)=O. The smallest absolute Gasteiger partial charge is 0.244 e. The topological polar surface area (TPSA) is 86.8 Å². The maximum absolute atomic E-state index is 13.9. The van der Waals surface area contributed by atoms with Crippen LogP contribution in [0.5, 0.6) is 0 Å². The molecule has 3 rings (SSSR count). The molecule has 2 aromatic carbocycles. The minimum atomic E-state index is -3.79. The van der Waals surface area contributed by atoms with Crippen LogP contribution in [0.25, 0.3) is 0 Å². The number of aryl methyl sites for hydroxylation is 2. The number of carbonyl (C=O) groups is 2. The molecule has 1 saturated carbocycles. The van der Waals surface area contributed by atoms with Crippen molar-refractivity contribution in [3.63, 3.8) is 0 Å². The second kappa shape index (κ2) is 12.8. The molecule has 0 heterocycles. The first-order valence-electron chi connectivity index (χ1n) is 12.9. The van der Waals surface area contributed by atoms with Gasteiger partial charge in [-0.15, -0.1) is 0 Å². The Morgan fingerprint density at radius 3 is 2.22 bits per heavy atom. The van der Waals surface area contributed by atoms with Crippen LogP contribution in [-0.2, 0) is 26.2 Å². The van der Waals surface area contributed by atoms with Crippen LogP contribution >= 0.6 is 11.6 Å². The Balaban J connectivity index is 1.96. The Morgan fingerprint density at radius 2 is 1.65 bits per heavy atom. The number of hydrogen-bond acceptors (Lipinski definition) is 4. The zero-order chi connectivity index (χ0) is 27.2. The molecule has 1 N–H and O–H groups in total. The summed E-state index contributed by atoms with van der Waals surface area (Å²) in [5.74, 6) is -0.675. The molecular weight excluding hydrogens is 510 g/mol. The molecule has 0 aliphatic heterocycles. The molecule has 1 fully saturated rings.